The Kier molecular flexibility index (Phi) is 7.34. The summed E-state index contributed by atoms with van der Waals surface area (Å²) < 4.78 is 2.07. The highest BCUT2D eigenvalue weighted by Crippen LogP contribution is 2.29. The van der Waals surface area contributed by atoms with Gasteiger partial charge in [0, 0.05) is 42.6 Å². The number of amides is 1. The maximum atomic E-state index is 13.3. The van der Waals surface area contributed by atoms with Gasteiger partial charge >= 0.3 is 0 Å². The molecule has 1 aliphatic heterocycles. The first-order chi connectivity index (χ1) is 15.1. The summed E-state index contributed by atoms with van der Waals surface area (Å²) in [7, 11) is 0. The van der Waals surface area contributed by atoms with Crippen molar-refractivity contribution in [3.05, 3.63) is 46.2 Å². The summed E-state index contributed by atoms with van der Waals surface area (Å²) in [6, 6.07) is 7.91. The number of hydrogen-bond acceptors (Lipinski definition) is 3. The minimum absolute atomic E-state index is 0.191. The minimum Gasteiger partial charge on any atom is -0.337 e. The Morgan fingerprint density at radius 3 is 2.74 bits per heavy atom. The Bertz CT molecular complexity index is 903. The zero-order chi connectivity index (χ0) is 21.8. The van der Waals surface area contributed by atoms with E-state index >= 15 is 0 Å². The van der Waals surface area contributed by atoms with Crippen molar-refractivity contribution in [2.24, 2.45) is 5.92 Å². The lowest BCUT2D eigenvalue weighted by Gasteiger charge is -2.30. The van der Waals surface area contributed by atoms with Crippen LogP contribution in [0.2, 0.25) is 5.02 Å². The topological polar surface area (TPSA) is 41.4 Å². The molecule has 2 heterocycles. The van der Waals surface area contributed by atoms with Crippen molar-refractivity contribution in [2.45, 2.75) is 71.9 Å². The average Bonchev–Trinajstić information content (AvgIpc) is 3.15. The van der Waals surface area contributed by atoms with Crippen LogP contribution in [-0.2, 0) is 24.3 Å². The number of halogens is 1. The molecule has 0 N–H and O–H groups in total. The second-order valence-electron chi connectivity index (χ2n) is 8.98. The highest BCUT2D eigenvalue weighted by Gasteiger charge is 2.29. The van der Waals surface area contributed by atoms with E-state index in [1.807, 2.05) is 23.1 Å². The van der Waals surface area contributed by atoms with Gasteiger partial charge in [-0.2, -0.15) is 5.10 Å². The zero-order valence-electron chi connectivity index (χ0n) is 18.9. The number of rotatable bonds is 7. The molecule has 2 aliphatic rings. The molecule has 0 atom stereocenters. The van der Waals surface area contributed by atoms with Crippen LogP contribution >= 0.6 is 11.6 Å². The fourth-order valence-corrected chi connectivity index (χ4v) is 5.32. The third-order valence-corrected chi connectivity index (χ3v) is 7.04. The van der Waals surface area contributed by atoms with E-state index in [1.165, 1.54) is 30.5 Å². The molecule has 1 saturated carbocycles. The number of carbonyl (C=O) groups is 1. The number of nitrogens with zero attached hydrogens (tertiary/aromatic N) is 4. The first-order valence-electron chi connectivity index (χ1n) is 12.0. The lowest BCUT2D eigenvalue weighted by atomic mass is 9.88. The largest absolute Gasteiger partial charge is 0.337 e. The molecule has 0 unspecified atom stereocenters. The molecule has 0 spiro atoms. The van der Waals surface area contributed by atoms with Crippen LogP contribution in [-0.4, -0.2) is 45.1 Å². The molecule has 31 heavy (non-hydrogen) atoms. The lowest BCUT2D eigenvalue weighted by molar-refractivity contribution is -0.137. The first kappa shape index (κ1) is 22.3. The van der Waals surface area contributed by atoms with Crippen LogP contribution < -0.4 is 0 Å². The zero-order valence-corrected chi connectivity index (χ0v) is 19.7. The van der Waals surface area contributed by atoms with Gasteiger partial charge in [0.25, 0.3) is 0 Å². The number of fused-ring (bicyclic) bond motifs is 1. The Morgan fingerprint density at radius 1 is 1.23 bits per heavy atom. The highest BCUT2D eigenvalue weighted by molar-refractivity contribution is 6.30. The van der Waals surface area contributed by atoms with Gasteiger partial charge < -0.3 is 4.90 Å². The second-order valence-corrected chi connectivity index (χ2v) is 9.41. The van der Waals surface area contributed by atoms with Crippen molar-refractivity contribution in [3.63, 3.8) is 0 Å². The molecule has 1 aliphatic carbocycles. The average molecular weight is 443 g/mol. The Balaban J connectivity index is 1.65. The fourth-order valence-electron chi connectivity index (χ4n) is 5.13. The molecule has 168 valence electrons. The molecule has 0 radical (unpaired) electrons. The molecule has 1 amide bonds. The minimum atomic E-state index is 0.191. The summed E-state index contributed by atoms with van der Waals surface area (Å²) in [6.07, 6.45) is 7.81. The summed E-state index contributed by atoms with van der Waals surface area (Å²) in [6.45, 7) is 8.70. The monoisotopic (exact) mass is 442 g/mol. The van der Waals surface area contributed by atoms with Crippen LogP contribution in [0.3, 0.4) is 0 Å². The Hall–Kier alpha value is -1.85. The normalized spacial score (nSPS) is 17.5. The van der Waals surface area contributed by atoms with Gasteiger partial charge in [0.05, 0.1) is 23.6 Å². The molecule has 1 fully saturated rings. The predicted octanol–water partition coefficient (Wildman–Crippen LogP) is 5.22. The number of benzene rings is 1. The summed E-state index contributed by atoms with van der Waals surface area (Å²) in [5, 5.41) is 5.77. The van der Waals surface area contributed by atoms with Gasteiger partial charge in [0.1, 0.15) is 0 Å². The van der Waals surface area contributed by atoms with E-state index in [0.29, 0.717) is 12.5 Å². The molecule has 5 nitrogen and oxygen atoms in total. The van der Waals surface area contributed by atoms with Crippen molar-refractivity contribution in [2.75, 3.05) is 19.6 Å². The van der Waals surface area contributed by atoms with E-state index in [2.05, 4.69) is 29.5 Å². The van der Waals surface area contributed by atoms with E-state index in [0.717, 1.165) is 68.3 Å². The van der Waals surface area contributed by atoms with Crippen LogP contribution in [0.5, 0.6) is 0 Å². The number of carbonyl (C=O) groups excluding carboxylic acids is 1. The summed E-state index contributed by atoms with van der Waals surface area (Å²) >= 11 is 6.28. The van der Waals surface area contributed by atoms with E-state index in [1.54, 1.807) is 0 Å². The molecular weight excluding hydrogens is 408 g/mol. The highest BCUT2D eigenvalue weighted by atomic mass is 35.5. The van der Waals surface area contributed by atoms with Crippen molar-refractivity contribution in [1.29, 1.82) is 0 Å². The van der Waals surface area contributed by atoms with Crippen molar-refractivity contribution >= 4 is 17.5 Å². The molecule has 0 saturated heterocycles. The van der Waals surface area contributed by atoms with Crippen molar-refractivity contribution in [3.8, 4) is 5.69 Å². The van der Waals surface area contributed by atoms with Crippen LogP contribution in [0.25, 0.3) is 5.69 Å². The molecule has 1 aromatic heterocycles. The van der Waals surface area contributed by atoms with E-state index < -0.39 is 0 Å². The van der Waals surface area contributed by atoms with Gasteiger partial charge in [-0.25, -0.2) is 4.68 Å². The van der Waals surface area contributed by atoms with Crippen molar-refractivity contribution in [1.82, 2.24) is 19.6 Å². The third kappa shape index (κ3) is 4.98. The third-order valence-electron chi connectivity index (χ3n) is 6.80. The fraction of sp³-hybridized carbons (Fsp3) is 0.600. The molecule has 4 rings (SSSR count). The van der Waals surface area contributed by atoms with Crippen LogP contribution in [0.1, 0.15) is 69.3 Å². The Morgan fingerprint density at radius 2 is 2.03 bits per heavy atom. The van der Waals surface area contributed by atoms with Gasteiger partial charge in [0.2, 0.25) is 5.91 Å². The van der Waals surface area contributed by atoms with Gasteiger partial charge in [-0.05, 0) is 50.9 Å². The van der Waals surface area contributed by atoms with E-state index in [9.17, 15) is 4.79 Å². The SMILES string of the molecule is CCCN1CCc2c(c(CN(CC)C(=O)C3CCCCC3)nn2-c2cccc(Cl)c2)C1. The smallest absolute Gasteiger partial charge is 0.226 e. The Labute approximate surface area is 191 Å². The van der Waals surface area contributed by atoms with Crippen LogP contribution in [0.4, 0.5) is 0 Å². The van der Waals surface area contributed by atoms with Crippen LogP contribution in [0.15, 0.2) is 24.3 Å². The maximum Gasteiger partial charge on any atom is 0.226 e. The summed E-state index contributed by atoms with van der Waals surface area (Å²) in [4.78, 5) is 17.8. The predicted molar refractivity (Wildman–Crippen MR) is 126 cm³/mol. The van der Waals surface area contributed by atoms with Crippen molar-refractivity contribution < 1.29 is 4.79 Å². The molecule has 1 aromatic carbocycles. The first-order valence-corrected chi connectivity index (χ1v) is 12.3. The second kappa shape index (κ2) is 10.2. The molecule has 0 bridgehead atoms. The van der Waals surface area contributed by atoms with E-state index in [-0.39, 0.29) is 5.92 Å². The molecular formula is C25H35ClN4O. The lowest BCUT2D eigenvalue weighted by Crippen LogP contribution is -2.37. The summed E-state index contributed by atoms with van der Waals surface area (Å²) in [5.74, 6) is 0.505. The van der Waals surface area contributed by atoms with Gasteiger partial charge in [-0.3, -0.25) is 9.69 Å². The molecule has 2 aromatic rings. The van der Waals surface area contributed by atoms with E-state index in [4.69, 9.17) is 16.7 Å². The number of hydrogen-bond donors (Lipinski definition) is 0. The van der Waals surface area contributed by atoms with Gasteiger partial charge in [-0.15, -0.1) is 0 Å². The maximum absolute atomic E-state index is 13.3. The quantitative estimate of drug-likeness (QED) is 0.590. The standard InChI is InChI=1S/C25H35ClN4O/c1-3-14-28-15-13-24-22(17-28)23(27-30(24)21-12-8-11-20(26)16-21)18-29(4-2)25(31)19-9-6-5-7-10-19/h8,11-12,16,19H,3-7,9-10,13-15,17-18H2,1-2H3. The van der Waals surface area contributed by atoms with Gasteiger partial charge in [0.15, 0.2) is 0 Å². The number of aromatic nitrogens is 2. The molecule has 6 heteroatoms. The van der Waals surface area contributed by atoms with Gasteiger partial charge in [-0.1, -0.05) is 43.9 Å². The summed E-state index contributed by atoms with van der Waals surface area (Å²) in [5.41, 5.74) is 4.61. The van der Waals surface area contributed by atoms with Crippen LogP contribution in [0, 0.1) is 5.92 Å².